The van der Waals surface area contributed by atoms with Crippen LogP contribution in [0.3, 0.4) is 0 Å². The van der Waals surface area contributed by atoms with Crippen LogP contribution in [0.5, 0.6) is 0 Å². The Morgan fingerprint density at radius 2 is 0.947 bits per heavy atom. The summed E-state index contributed by atoms with van der Waals surface area (Å²) in [5.74, 6) is 3.36. The highest BCUT2D eigenvalue weighted by Crippen LogP contribution is 2.21. The number of hydrogen-bond acceptors (Lipinski definition) is 0. The third kappa shape index (κ3) is 14.2. The standard InChI is InChI=1S/C19H39/c1-16(2)10-7-12-18(5)14-9-15-19(6)13-8-11-17(3)4/h16-19H,1,7-15H2,2-6H3. The van der Waals surface area contributed by atoms with Crippen LogP contribution in [0.15, 0.2) is 0 Å². The van der Waals surface area contributed by atoms with Gasteiger partial charge < -0.3 is 0 Å². The zero-order chi connectivity index (χ0) is 14.7. The van der Waals surface area contributed by atoms with E-state index >= 15 is 0 Å². The van der Waals surface area contributed by atoms with Crippen LogP contribution in [-0.2, 0) is 0 Å². The van der Waals surface area contributed by atoms with E-state index in [1.54, 1.807) is 0 Å². The summed E-state index contributed by atoms with van der Waals surface area (Å²) >= 11 is 0. The lowest BCUT2D eigenvalue weighted by atomic mass is 9.91. The Hall–Kier alpha value is 0. The van der Waals surface area contributed by atoms with Gasteiger partial charge in [-0.1, -0.05) is 99.3 Å². The van der Waals surface area contributed by atoms with Gasteiger partial charge in [0.1, 0.15) is 0 Å². The summed E-state index contributed by atoms with van der Waals surface area (Å²) in [6.45, 7) is 15.8. The van der Waals surface area contributed by atoms with Crippen LogP contribution >= 0.6 is 0 Å². The summed E-state index contributed by atoms with van der Waals surface area (Å²) in [7, 11) is 0. The number of hydrogen-bond donors (Lipinski definition) is 0. The van der Waals surface area contributed by atoms with E-state index in [-0.39, 0.29) is 0 Å². The van der Waals surface area contributed by atoms with Crippen molar-refractivity contribution in [2.45, 2.75) is 92.4 Å². The van der Waals surface area contributed by atoms with Gasteiger partial charge in [-0.2, -0.15) is 0 Å². The van der Waals surface area contributed by atoms with Crippen molar-refractivity contribution in [3.63, 3.8) is 0 Å². The van der Waals surface area contributed by atoms with Crippen LogP contribution in [0, 0.1) is 30.6 Å². The van der Waals surface area contributed by atoms with Crippen molar-refractivity contribution < 1.29 is 0 Å². The molecule has 0 nitrogen and oxygen atoms in total. The first-order chi connectivity index (χ1) is 8.91. The molecule has 0 aromatic rings. The van der Waals surface area contributed by atoms with Gasteiger partial charge in [-0.05, 0) is 23.7 Å². The van der Waals surface area contributed by atoms with Gasteiger partial charge in [0.25, 0.3) is 0 Å². The minimum atomic E-state index is 0.633. The van der Waals surface area contributed by atoms with Crippen LogP contribution < -0.4 is 0 Å². The third-order valence-corrected chi connectivity index (χ3v) is 4.27. The minimum absolute atomic E-state index is 0.633. The second-order valence-corrected chi connectivity index (χ2v) is 7.50. The smallest absolute Gasteiger partial charge is 0.0443 e. The molecule has 0 heteroatoms. The predicted molar refractivity (Wildman–Crippen MR) is 89.2 cm³/mol. The van der Waals surface area contributed by atoms with E-state index in [1.807, 2.05) is 0 Å². The van der Waals surface area contributed by atoms with E-state index in [0.29, 0.717) is 5.92 Å². The molecular weight excluding hydrogens is 228 g/mol. The molecule has 0 aliphatic carbocycles. The molecule has 0 aliphatic heterocycles. The lowest BCUT2D eigenvalue weighted by molar-refractivity contribution is 0.383. The first kappa shape index (κ1) is 19.0. The van der Waals surface area contributed by atoms with Gasteiger partial charge in [-0.15, -0.1) is 0 Å². The molecule has 0 fully saturated rings. The Morgan fingerprint density at radius 3 is 1.32 bits per heavy atom. The first-order valence-corrected chi connectivity index (χ1v) is 8.74. The van der Waals surface area contributed by atoms with Gasteiger partial charge in [-0.25, -0.2) is 0 Å². The van der Waals surface area contributed by atoms with Crippen LogP contribution in [0.25, 0.3) is 0 Å². The molecule has 0 aromatic heterocycles. The highest BCUT2D eigenvalue weighted by molar-refractivity contribution is 4.61. The Kier molecular flexibility index (Phi) is 11.8. The predicted octanol–water partition coefficient (Wildman–Crippen LogP) is 6.90. The van der Waals surface area contributed by atoms with E-state index in [0.717, 1.165) is 17.8 Å². The fourth-order valence-electron chi connectivity index (χ4n) is 2.79. The molecule has 0 heterocycles. The van der Waals surface area contributed by atoms with Gasteiger partial charge in [0.2, 0.25) is 0 Å². The molecule has 0 saturated carbocycles. The maximum absolute atomic E-state index is 4.06. The largest absolute Gasteiger partial charge is 0.0628 e. The molecule has 115 valence electrons. The SMILES string of the molecule is [CH2]C(C)CCCC(C)CCCC(C)CCCC(C)C. The monoisotopic (exact) mass is 267 g/mol. The summed E-state index contributed by atoms with van der Waals surface area (Å²) in [6, 6.07) is 0. The summed E-state index contributed by atoms with van der Waals surface area (Å²) in [6.07, 6.45) is 12.6. The maximum Gasteiger partial charge on any atom is -0.0443 e. The molecule has 0 amide bonds. The van der Waals surface area contributed by atoms with Crippen LogP contribution in [0.2, 0.25) is 0 Å². The zero-order valence-corrected chi connectivity index (χ0v) is 14.4. The van der Waals surface area contributed by atoms with Crippen molar-refractivity contribution in [1.82, 2.24) is 0 Å². The number of rotatable bonds is 12. The summed E-state index contributed by atoms with van der Waals surface area (Å²) in [5, 5.41) is 0. The quantitative estimate of drug-likeness (QED) is 0.361. The molecule has 0 saturated heterocycles. The molecule has 3 atom stereocenters. The fourth-order valence-corrected chi connectivity index (χ4v) is 2.79. The second-order valence-electron chi connectivity index (χ2n) is 7.50. The molecule has 0 N–H and O–H groups in total. The van der Waals surface area contributed by atoms with Crippen molar-refractivity contribution in [1.29, 1.82) is 0 Å². The van der Waals surface area contributed by atoms with Crippen molar-refractivity contribution in [3.05, 3.63) is 6.92 Å². The molecule has 0 aliphatic rings. The molecule has 19 heavy (non-hydrogen) atoms. The molecule has 1 radical (unpaired) electrons. The van der Waals surface area contributed by atoms with Gasteiger partial charge in [0.05, 0.1) is 0 Å². The van der Waals surface area contributed by atoms with Gasteiger partial charge in [0, 0.05) is 0 Å². The van der Waals surface area contributed by atoms with E-state index in [1.165, 1.54) is 57.8 Å². The van der Waals surface area contributed by atoms with Gasteiger partial charge >= 0.3 is 0 Å². The van der Waals surface area contributed by atoms with Crippen molar-refractivity contribution in [3.8, 4) is 0 Å². The summed E-state index contributed by atoms with van der Waals surface area (Å²) in [5.41, 5.74) is 0. The van der Waals surface area contributed by atoms with E-state index < -0.39 is 0 Å². The lowest BCUT2D eigenvalue weighted by Gasteiger charge is -2.15. The first-order valence-electron chi connectivity index (χ1n) is 8.74. The molecule has 0 spiro atoms. The second kappa shape index (κ2) is 11.8. The molecular formula is C19H39. The highest BCUT2D eigenvalue weighted by atomic mass is 14.1. The van der Waals surface area contributed by atoms with Crippen molar-refractivity contribution in [2.24, 2.45) is 23.7 Å². The minimum Gasteiger partial charge on any atom is -0.0628 e. The Bertz CT molecular complexity index is 160. The summed E-state index contributed by atoms with van der Waals surface area (Å²) < 4.78 is 0. The lowest BCUT2D eigenvalue weighted by Crippen LogP contribution is -2.00. The molecule has 0 aromatic carbocycles. The Balaban J connectivity index is 3.40. The van der Waals surface area contributed by atoms with Gasteiger partial charge in [-0.3, -0.25) is 0 Å². The van der Waals surface area contributed by atoms with Crippen LogP contribution in [-0.4, -0.2) is 0 Å². The zero-order valence-electron chi connectivity index (χ0n) is 14.4. The Morgan fingerprint density at radius 1 is 0.579 bits per heavy atom. The van der Waals surface area contributed by atoms with E-state index in [2.05, 4.69) is 41.5 Å². The van der Waals surface area contributed by atoms with Crippen molar-refractivity contribution >= 4 is 0 Å². The average molecular weight is 268 g/mol. The Labute approximate surface area is 123 Å². The average Bonchev–Trinajstić information content (AvgIpc) is 2.27. The highest BCUT2D eigenvalue weighted by Gasteiger charge is 2.06. The van der Waals surface area contributed by atoms with Crippen molar-refractivity contribution in [2.75, 3.05) is 0 Å². The van der Waals surface area contributed by atoms with E-state index in [4.69, 9.17) is 0 Å². The van der Waals surface area contributed by atoms with E-state index in [9.17, 15) is 0 Å². The molecule has 0 bridgehead atoms. The fraction of sp³-hybridized carbons (Fsp3) is 0.947. The molecule has 0 rings (SSSR count). The van der Waals surface area contributed by atoms with Gasteiger partial charge in [0.15, 0.2) is 0 Å². The maximum atomic E-state index is 4.06. The van der Waals surface area contributed by atoms with Crippen LogP contribution in [0.4, 0.5) is 0 Å². The topological polar surface area (TPSA) is 0 Å². The molecule has 3 unspecified atom stereocenters. The third-order valence-electron chi connectivity index (χ3n) is 4.27. The summed E-state index contributed by atoms with van der Waals surface area (Å²) in [4.78, 5) is 0. The van der Waals surface area contributed by atoms with Crippen LogP contribution in [0.1, 0.15) is 92.4 Å². The normalized spacial score (nSPS) is 15.2.